The molecular weight excluding hydrogens is 214 g/mol. The van der Waals surface area contributed by atoms with Crippen molar-refractivity contribution in [2.45, 2.75) is 33.1 Å². The van der Waals surface area contributed by atoms with Crippen LogP contribution in [0.5, 0.6) is 0 Å². The molecule has 1 amide bonds. The predicted octanol–water partition coefficient (Wildman–Crippen LogP) is 1.07. The Labute approximate surface area is 106 Å². The number of nitrogens with two attached hydrogens (primary N) is 1. The first-order chi connectivity index (χ1) is 7.95. The summed E-state index contributed by atoms with van der Waals surface area (Å²) in [6.07, 6.45) is 2.59. The van der Waals surface area contributed by atoms with Gasteiger partial charge in [0.15, 0.2) is 0 Å². The second kappa shape index (κ2) is 9.42. The second-order valence-electron chi connectivity index (χ2n) is 5.44. The first-order valence-corrected chi connectivity index (χ1v) is 6.57. The van der Waals surface area contributed by atoms with E-state index in [1.165, 1.54) is 0 Å². The SMILES string of the molecule is CC(C)CC(CN)CC(=O)NCCCN(C)C. The lowest BCUT2D eigenvalue weighted by Crippen LogP contribution is -2.30. The van der Waals surface area contributed by atoms with Crippen molar-refractivity contribution in [2.75, 3.05) is 33.7 Å². The fourth-order valence-electron chi connectivity index (χ4n) is 1.89. The normalized spacial score (nSPS) is 13.1. The van der Waals surface area contributed by atoms with Crippen LogP contribution in [0.2, 0.25) is 0 Å². The lowest BCUT2D eigenvalue weighted by Gasteiger charge is -2.16. The summed E-state index contributed by atoms with van der Waals surface area (Å²) in [5.41, 5.74) is 5.68. The van der Waals surface area contributed by atoms with Gasteiger partial charge in [-0.2, -0.15) is 0 Å². The Morgan fingerprint density at radius 1 is 1.35 bits per heavy atom. The molecule has 0 saturated heterocycles. The average Bonchev–Trinajstić information content (AvgIpc) is 2.22. The maximum absolute atomic E-state index is 11.7. The Bertz CT molecular complexity index is 205. The van der Waals surface area contributed by atoms with Crippen LogP contribution in [-0.2, 0) is 4.79 Å². The fourth-order valence-corrected chi connectivity index (χ4v) is 1.89. The highest BCUT2D eigenvalue weighted by Crippen LogP contribution is 2.13. The third-order valence-corrected chi connectivity index (χ3v) is 2.72. The molecule has 1 unspecified atom stereocenters. The summed E-state index contributed by atoms with van der Waals surface area (Å²) in [7, 11) is 4.07. The Morgan fingerprint density at radius 2 is 2.00 bits per heavy atom. The molecule has 17 heavy (non-hydrogen) atoms. The number of hydrogen-bond acceptors (Lipinski definition) is 3. The first-order valence-electron chi connectivity index (χ1n) is 6.57. The van der Waals surface area contributed by atoms with Crippen molar-refractivity contribution >= 4 is 5.91 Å². The highest BCUT2D eigenvalue weighted by atomic mass is 16.1. The van der Waals surface area contributed by atoms with E-state index in [0.717, 1.165) is 25.9 Å². The van der Waals surface area contributed by atoms with Gasteiger partial charge in [-0.3, -0.25) is 4.79 Å². The standard InChI is InChI=1S/C13H29N3O/c1-11(2)8-12(10-14)9-13(17)15-6-5-7-16(3)4/h11-12H,5-10,14H2,1-4H3,(H,15,17). The Morgan fingerprint density at radius 3 is 2.47 bits per heavy atom. The van der Waals surface area contributed by atoms with Crippen LogP contribution in [0, 0.1) is 11.8 Å². The molecular formula is C13H29N3O. The summed E-state index contributed by atoms with van der Waals surface area (Å²) in [5.74, 6) is 1.06. The van der Waals surface area contributed by atoms with E-state index in [1.807, 2.05) is 14.1 Å². The number of carbonyl (C=O) groups is 1. The van der Waals surface area contributed by atoms with Gasteiger partial charge < -0.3 is 16.0 Å². The van der Waals surface area contributed by atoms with Gasteiger partial charge in [0.25, 0.3) is 0 Å². The molecule has 3 N–H and O–H groups in total. The molecule has 4 heteroatoms. The number of nitrogens with one attached hydrogen (secondary N) is 1. The van der Waals surface area contributed by atoms with Crippen LogP contribution in [0.4, 0.5) is 0 Å². The van der Waals surface area contributed by atoms with E-state index in [2.05, 4.69) is 24.1 Å². The maximum atomic E-state index is 11.7. The summed E-state index contributed by atoms with van der Waals surface area (Å²) in [5, 5.41) is 2.95. The molecule has 0 heterocycles. The summed E-state index contributed by atoms with van der Waals surface area (Å²) in [6.45, 7) is 6.70. The molecule has 0 aliphatic carbocycles. The number of rotatable bonds is 9. The molecule has 0 aromatic rings. The highest BCUT2D eigenvalue weighted by molar-refractivity contribution is 5.76. The van der Waals surface area contributed by atoms with Crippen LogP contribution in [0.25, 0.3) is 0 Å². The summed E-state index contributed by atoms with van der Waals surface area (Å²) in [4.78, 5) is 13.8. The molecule has 4 nitrogen and oxygen atoms in total. The fraction of sp³-hybridized carbons (Fsp3) is 0.923. The third kappa shape index (κ3) is 10.3. The number of hydrogen-bond donors (Lipinski definition) is 2. The van der Waals surface area contributed by atoms with Crippen LogP contribution in [-0.4, -0.2) is 44.5 Å². The van der Waals surface area contributed by atoms with Gasteiger partial charge in [-0.25, -0.2) is 0 Å². The molecule has 0 fully saturated rings. The molecule has 0 aromatic carbocycles. The molecule has 0 aliphatic rings. The first kappa shape index (κ1) is 16.4. The minimum Gasteiger partial charge on any atom is -0.356 e. The van der Waals surface area contributed by atoms with Crippen molar-refractivity contribution in [3.05, 3.63) is 0 Å². The van der Waals surface area contributed by atoms with Gasteiger partial charge in [-0.15, -0.1) is 0 Å². The lowest BCUT2D eigenvalue weighted by atomic mass is 9.94. The summed E-state index contributed by atoms with van der Waals surface area (Å²) < 4.78 is 0. The van der Waals surface area contributed by atoms with Crippen molar-refractivity contribution in [2.24, 2.45) is 17.6 Å². The van der Waals surface area contributed by atoms with Crippen molar-refractivity contribution in [3.63, 3.8) is 0 Å². The van der Waals surface area contributed by atoms with Gasteiger partial charge in [0, 0.05) is 13.0 Å². The quantitative estimate of drug-likeness (QED) is 0.596. The Hall–Kier alpha value is -0.610. The van der Waals surface area contributed by atoms with Crippen LogP contribution in [0.3, 0.4) is 0 Å². The molecule has 0 radical (unpaired) electrons. The van der Waals surface area contributed by atoms with Gasteiger partial charge >= 0.3 is 0 Å². The van der Waals surface area contributed by atoms with Gasteiger partial charge in [-0.1, -0.05) is 13.8 Å². The van der Waals surface area contributed by atoms with Crippen LogP contribution >= 0.6 is 0 Å². The zero-order valence-electron chi connectivity index (χ0n) is 11.8. The van der Waals surface area contributed by atoms with Crippen LogP contribution < -0.4 is 11.1 Å². The average molecular weight is 243 g/mol. The van der Waals surface area contributed by atoms with Crippen molar-refractivity contribution in [1.29, 1.82) is 0 Å². The molecule has 0 aliphatic heterocycles. The molecule has 102 valence electrons. The number of nitrogens with zero attached hydrogens (tertiary/aromatic N) is 1. The highest BCUT2D eigenvalue weighted by Gasteiger charge is 2.13. The van der Waals surface area contributed by atoms with Crippen LogP contribution in [0.15, 0.2) is 0 Å². The number of carbonyl (C=O) groups excluding carboxylic acids is 1. The zero-order valence-corrected chi connectivity index (χ0v) is 11.8. The predicted molar refractivity (Wildman–Crippen MR) is 72.8 cm³/mol. The van der Waals surface area contributed by atoms with Gasteiger partial charge in [0.2, 0.25) is 5.91 Å². The van der Waals surface area contributed by atoms with Gasteiger partial charge in [-0.05, 0) is 51.9 Å². The number of amides is 1. The molecule has 0 spiro atoms. The van der Waals surface area contributed by atoms with Gasteiger partial charge in [0.1, 0.15) is 0 Å². The van der Waals surface area contributed by atoms with E-state index in [9.17, 15) is 4.79 Å². The summed E-state index contributed by atoms with van der Waals surface area (Å²) in [6, 6.07) is 0. The van der Waals surface area contributed by atoms with Crippen molar-refractivity contribution in [3.8, 4) is 0 Å². The van der Waals surface area contributed by atoms with E-state index in [1.54, 1.807) is 0 Å². The monoisotopic (exact) mass is 243 g/mol. The van der Waals surface area contributed by atoms with E-state index in [-0.39, 0.29) is 5.91 Å². The topological polar surface area (TPSA) is 58.4 Å². The largest absolute Gasteiger partial charge is 0.356 e. The molecule has 0 bridgehead atoms. The molecule has 0 aromatic heterocycles. The smallest absolute Gasteiger partial charge is 0.220 e. The second-order valence-corrected chi connectivity index (χ2v) is 5.44. The minimum atomic E-state index is 0.139. The Kier molecular flexibility index (Phi) is 9.09. The van der Waals surface area contributed by atoms with Crippen LogP contribution in [0.1, 0.15) is 33.1 Å². The zero-order chi connectivity index (χ0) is 13.3. The Balaban J connectivity index is 3.68. The van der Waals surface area contributed by atoms with Crippen molar-refractivity contribution < 1.29 is 4.79 Å². The van der Waals surface area contributed by atoms with Crippen molar-refractivity contribution in [1.82, 2.24) is 10.2 Å². The lowest BCUT2D eigenvalue weighted by molar-refractivity contribution is -0.122. The van der Waals surface area contributed by atoms with E-state index >= 15 is 0 Å². The molecule has 1 atom stereocenters. The minimum absolute atomic E-state index is 0.139. The molecule has 0 rings (SSSR count). The van der Waals surface area contributed by atoms with Gasteiger partial charge in [0.05, 0.1) is 0 Å². The maximum Gasteiger partial charge on any atom is 0.220 e. The van der Waals surface area contributed by atoms with E-state index in [4.69, 9.17) is 5.73 Å². The molecule has 0 saturated carbocycles. The summed E-state index contributed by atoms with van der Waals surface area (Å²) >= 11 is 0. The third-order valence-electron chi connectivity index (χ3n) is 2.72. The van der Waals surface area contributed by atoms with E-state index < -0.39 is 0 Å². The van der Waals surface area contributed by atoms with E-state index in [0.29, 0.717) is 24.8 Å².